The molecule has 0 unspecified atom stereocenters. The molecule has 1 aliphatic rings. The second-order valence-corrected chi connectivity index (χ2v) is 4.54. The van der Waals surface area contributed by atoms with Gasteiger partial charge in [0.25, 0.3) is 0 Å². The van der Waals surface area contributed by atoms with Crippen molar-refractivity contribution in [1.29, 1.82) is 0 Å². The van der Waals surface area contributed by atoms with Crippen LogP contribution < -0.4 is 0 Å². The van der Waals surface area contributed by atoms with E-state index in [0.717, 1.165) is 6.42 Å². The SMILES string of the molecule is C=C[C@H]1C[C@@H](/C=C\COC(C)=O)c2ccccc21. The Morgan fingerprint density at radius 1 is 1.39 bits per heavy atom. The number of allylic oxidation sites excluding steroid dienone is 2. The Bertz CT molecular complexity index is 474. The maximum atomic E-state index is 10.7. The van der Waals surface area contributed by atoms with Crippen LogP contribution in [-0.4, -0.2) is 12.6 Å². The summed E-state index contributed by atoms with van der Waals surface area (Å²) in [5.41, 5.74) is 2.73. The zero-order valence-electron chi connectivity index (χ0n) is 10.6. The van der Waals surface area contributed by atoms with Crippen molar-refractivity contribution in [3.63, 3.8) is 0 Å². The summed E-state index contributed by atoms with van der Waals surface area (Å²) in [5.74, 6) is 0.597. The number of fused-ring (bicyclic) bond motifs is 1. The van der Waals surface area contributed by atoms with Crippen molar-refractivity contribution in [1.82, 2.24) is 0 Å². The summed E-state index contributed by atoms with van der Waals surface area (Å²) in [6.45, 7) is 5.68. The quantitative estimate of drug-likeness (QED) is 0.596. The molecular formula is C16H18O2. The minimum atomic E-state index is -0.240. The van der Waals surface area contributed by atoms with Crippen molar-refractivity contribution < 1.29 is 9.53 Å². The lowest BCUT2D eigenvalue weighted by Crippen LogP contribution is -1.98. The molecule has 0 spiro atoms. The van der Waals surface area contributed by atoms with Gasteiger partial charge in [0.1, 0.15) is 6.61 Å². The third kappa shape index (κ3) is 2.70. The molecule has 0 N–H and O–H groups in total. The van der Waals surface area contributed by atoms with Crippen molar-refractivity contribution in [2.24, 2.45) is 0 Å². The molecular weight excluding hydrogens is 224 g/mol. The van der Waals surface area contributed by atoms with Crippen LogP contribution in [0.3, 0.4) is 0 Å². The molecule has 0 saturated carbocycles. The van der Waals surface area contributed by atoms with Gasteiger partial charge < -0.3 is 4.74 Å². The Morgan fingerprint density at radius 2 is 2.06 bits per heavy atom. The van der Waals surface area contributed by atoms with Gasteiger partial charge in [0.05, 0.1) is 0 Å². The predicted octanol–water partition coefficient (Wildman–Crippen LogP) is 3.56. The number of ether oxygens (including phenoxy) is 1. The molecule has 2 nitrogen and oxygen atoms in total. The van der Waals surface area contributed by atoms with Gasteiger partial charge in [0.2, 0.25) is 0 Å². The second kappa shape index (κ2) is 5.67. The van der Waals surface area contributed by atoms with E-state index < -0.39 is 0 Å². The van der Waals surface area contributed by atoms with Crippen LogP contribution in [0.25, 0.3) is 0 Å². The molecule has 0 radical (unpaired) electrons. The standard InChI is InChI=1S/C16H18O2/c1-3-13-11-14(7-6-10-18-12(2)17)16-9-5-4-8-15(13)16/h3-9,13-14H,1,10-11H2,2H3/b7-6-/t13-,14+/m0/s1. The van der Waals surface area contributed by atoms with Crippen LogP contribution in [0, 0.1) is 0 Å². The first-order chi connectivity index (χ1) is 8.72. The predicted molar refractivity (Wildman–Crippen MR) is 72.5 cm³/mol. The lowest BCUT2D eigenvalue weighted by molar-refractivity contribution is -0.139. The number of hydrogen-bond acceptors (Lipinski definition) is 2. The first-order valence-corrected chi connectivity index (χ1v) is 6.23. The number of benzene rings is 1. The lowest BCUT2D eigenvalue weighted by atomic mass is 10.0. The lowest BCUT2D eigenvalue weighted by Gasteiger charge is -2.05. The van der Waals surface area contributed by atoms with Gasteiger partial charge in [-0.15, -0.1) is 6.58 Å². The minimum Gasteiger partial charge on any atom is -0.462 e. The first-order valence-electron chi connectivity index (χ1n) is 6.23. The van der Waals surface area contributed by atoms with E-state index in [-0.39, 0.29) is 5.97 Å². The van der Waals surface area contributed by atoms with E-state index in [1.54, 1.807) is 0 Å². The van der Waals surface area contributed by atoms with Gasteiger partial charge in [-0.2, -0.15) is 0 Å². The van der Waals surface area contributed by atoms with Crippen molar-refractivity contribution in [2.75, 3.05) is 6.61 Å². The van der Waals surface area contributed by atoms with Crippen LogP contribution in [0.4, 0.5) is 0 Å². The smallest absolute Gasteiger partial charge is 0.302 e. The van der Waals surface area contributed by atoms with Gasteiger partial charge in [0, 0.05) is 18.8 Å². The third-order valence-corrected chi connectivity index (χ3v) is 3.34. The van der Waals surface area contributed by atoms with Gasteiger partial charge in [0.15, 0.2) is 0 Å². The molecule has 0 aliphatic heterocycles. The molecule has 0 bridgehead atoms. The van der Waals surface area contributed by atoms with Gasteiger partial charge in [-0.3, -0.25) is 4.79 Å². The van der Waals surface area contributed by atoms with E-state index in [0.29, 0.717) is 18.4 Å². The van der Waals surface area contributed by atoms with Crippen LogP contribution in [-0.2, 0) is 9.53 Å². The normalized spacial score (nSPS) is 21.8. The van der Waals surface area contributed by atoms with Crippen LogP contribution in [0.5, 0.6) is 0 Å². The molecule has 0 aromatic heterocycles. The zero-order valence-corrected chi connectivity index (χ0v) is 10.6. The molecule has 2 rings (SSSR count). The Morgan fingerprint density at radius 3 is 2.67 bits per heavy atom. The van der Waals surface area contributed by atoms with E-state index in [4.69, 9.17) is 4.74 Å². The molecule has 1 aromatic carbocycles. The number of esters is 1. The molecule has 1 aliphatic carbocycles. The van der Waals surface area contributed by atoms with Gasteiger partial charge >= 0.3 is 5.97 Å². The monoisotopic (exact) mass is 242 g/mol. The summed E-state index contributed by atoms with van der Waals surface area (Å²) in [6, 6.07) is 8.47. The summed E-state index contributed by atoms with van der Waals surface area (Å²) < 4.78 is 4.90. The molecule has 0 heterocycles. The number of carbonyl (C=O) groups excluding carboxylic acids is 1. The third-order valence-electron chi connectivity index (χ3n) is 3.34. The zero-order chi connectivity index (χ0) is 13.0. The van der Waals surface area contributed by atoms with Crippen molar-refractivity contribution >= 4 is 5.97 Å². The van der Waals surface area contributed by atoms with Crippen molar-refractivity contribution in [2.45, 2.75) is 25.2 Å². The van der Waals surface area contributed by atoms with Gasteiger partial charge in [-0.05, 0) is 17.5 Å². The summed E-state index contributed by atoms with van der Waals surface area (Å²) in [4.78, 5) is 10.7. The van der Waals surface area contributed by atoms with Crippen LogP contribution >= 0.6 is 0 Å². The average molecular weight is 242 g/mol. The fourth-order valence-electron chi connectivity index (χ4n) is 2.50. The Labute approximate surface area is 108 Å². The summed E-state index contributed by atoms with van der Waals surface area (Å²) >= 11 is 0. The van der Waals surface area contributed by atoms with Crippen LogP contribution in [0.15, 0.2) is 49.1 Å². The van der Waals surface area contributed by atoms with Crippen molar-refractivity contribution in [3.05, 3.63) is 60.2 Å². The summed E-state index contributed by atoms with van der Waals surface area (Å²) in [7, 11) is 0. The van der Waals surface area contributed by atoms with Crippen LogP contribution in [0.1, 0.15) is 36.3 Å². The molecule has 0 fully saturated rings. The second-order valence-electron chi connectivity index (χ2n) is 4.54. The molecule has 18 heavy (non-hydrogen) atoms. The summed E-state index contributed by atoms with van der Waals surface area (Å²) in [6.07, 6.45) is 7.12. The average Bonchev–Trinajstić information content (AvgIpc) is 2.73. The Balaban J connectivity index is 2.07. The highest BCUT2D eigenvalue weighted by Crippen LogP contribution is 2.42. The summed E-state index contributed by atoms with van der Waals surface area (Å²) in [5, 5.41) is 0. The minimum absolute atomic E-state index is 0.240. The Hall–Kier alpha value is -1.83. The van der Waals surface area contributed by atoms with Gasteiger partial charge in [-0.1, -0.05) is 42.5 Å². The fraction of sp³-hybridized carbons (Fsp3) is 0.312. The van der Waals surface area contributed by atoms with E-state index in [1.165, 1.54) is 18.1 Å². The van der Waals surface area contributed by atoms with Gasteiger partial charge in [-0.25, -0.2) is 0 Å². The molecule has 2 atom stereocenters. The number of rotatable bonds is 4. The topological polar surface area (TPSA) is 26.3 Å². The van der Waals surface area contributed by atoms with Crippen molar-refractivity contribution in [3.8, 4) is 0 Å². The highest BCUT2D eigenvalue weighted by molar-refractivity contribution is 5.66. The maximum absolute atomic E-state index is 10.7. The largest absolute Gasteiger partial charge is 0.462 e. The fourth-order valence-corrected chi connectivity index (χ4v) is 2.50. The number of hydrogen-bond donors (Lipinski definition) is 0. The molecule has 2 heteroatoms. The molecule has 0 saturated heterocycles. The van der Waals surface area contributed by atoms with E-state index in [2.05, 4.69) is 36.9 Å². The number of carbonyl (C=O) groups is 1. The van der Waals surface area contributed by atoms with Crippen LogP contribution in [0.2, 0.25) is 0 Å². The molecule has 94 valence electrons. The first kappa shape index (κ1) is 12.6. The van der Waals surface area contributed by atoms with E-state index >= 15 is 0 Å². The highest BCUT2D eigenvalue weighted by Gasteiger charge is 2.26. The van der Waals surface area contributed by atoms with E-state index in [9.17, 15) is 4.79 Å². The maximum Gasteiger partial charge on any atom is 0.302 e. The highest BCUT2D eigenvalue weighted by atomic mass is 16.5. The Kier molecular flexibility index (Phi) is 3.98. The molecule has 1 aromatic rings. The van der Waals surface area contributed by atoms with E-state index in [1.807, 2.05) is 12.2 Å². The molecule has 0 amide bonds.